The lowest BCUT2D eigenvalue weighted by atomic mass is 10.1. The monoisotopic (exact) mass is 279 g/mol. The predicted molar refractivity (Wildman–Crippen MR) is 84.7 cm³/mol. The van der Waals surface area contributed by atoms with Crippen molar-refractivity contribution >= 4 is 5.82 Å². The first-order valence-electron chi connectivity index (χ1n) is 6.74. The molecule has 0 spiro atoms. The van der Waals surface area contributed by atoms with Crippen LogP contribution in [-0.4, -0.2) is 16.9 Å². The molecule has 0 atom stereocenters. The number of hydrogen-bond acceptors (Lipinski definition) is 3. The fourth-order valence-corrected chi connectivity index (χ4v) is 2.24. The molecule has 0 radical (unpaired) electrons. The van der Waals surface area contributed by atoms with Crippen molar-refractivity contribution in [3.63, 3.8) is 0 Å². The molecule has 3 aromatic rings. The number of anilines is 1. The van der Waals surface area contributed by atoms with E-state index in [9.17, 15) is 0 Å². The van der Waals surface area contributed by atoms with E-state index in [1.165, 1.54) is 5.56 Å². The zero-order valence-corrected chi connectivity index (χ0v) is 12.1. The molecule has 3 rings (SSSR count). The van der Waals surface area contributed by atoms with Crippen molar-refractivity contribution in [1.29, 1.82) is 0 Å². The van der Waals surface area contributed by atoms with Gasteiger partial charge in [-0.25, -0.2) is 4.68 Å². The van der Waals surface area contributed by atoms with Gasteiger partial charge >= 0.3 is 0 Å². The van der Waals surface area contributed by atoms with Crippen molar-refractivity contribution in [2.75, 3.05) is 12.8 Å². The second-order valence-electron chi connectivity index (χ2n) is 4.92. The first kappa shape index (κ1) is 13.2. The van der Waals surface area contributed by atoms with Crippen molar-refractivity contribution in [3.05, 3.63) is 60.3 Å². The van der Waals surface area contributed by atoms with E-state index in [-0.39, 0.29) is 0 Å². The molecule has 106 valence electrons. The minimum atomic E-state index is 0.629. The van der Waals surface area contributed by atoms with Gasteiger partial charge in [-0.05, 0) is 36.8 Å². The van der Waals surface area contributed by atoms with Crippen LogP contribution in [0.4, 0.5) is 5.82 Å². The Morgan fingerprint density at radius 3 is 2.29 bits per heavy atom. The number of nitrogen functional groups attached to an aromatic ring is 1. The third-order valence-electron chi connectivity index (χ3n) is 3.49. The van der Waals surface area contributed by atoms with Crippen LogP contribution >= 0.6 is 0 Å². The van der Waals surface area contributed by atoms with Gasteiger partial charge in [-0.3, -0.25) is 0 Å². The van der Waals surface area contributed by atoms with Crippen LogP contribution in [0.5, 0.6) is 5.75 Å². The van der Waals surface area contributed by atoms with Crippen LogP contribution in [0.3, 0.4) is 0 Å². The number of ether oxygens (including phenoxy) is 1. The minimum absolute atomic E-state index is 0.629. The average molecular weight is 279 g/mol. The van der Waals surface area contributed by atoms with Gasteiger partial charge in [0.2, 0.25) is 0 Å². The van der Waals surface area contributed by atoms with E-state index in [0.29, 0.717) is 5.82 Å². The lowest BCUT2D eigenvalue weighted by Gasteiger charge is -2.07. The topological polar surface area (TPSA) is 53.1 Å². The molecule has 4 heteroatoms. The molecule has 0 saturated carbocycles. The Balaban J connectivity index is 2.00. The summed E-state index contributed by atoms with van der Waals surface area (Å²) in [5.74, 6) is 1.44. The van der Waals surface area contributed by atoms with Crippen LogP contribution in [-0.2, 0) is 0 Å². The largest absolute Gasteiger partial charge is 0.497 e. The quantitative estimate of drug-likeness (QED) is 0.799. The van der Waals surface area contributed by atoms with Crippen LogP contribution in [0.25, 0.3) is 16.8 Å². The Labute approximate surface area is 123 Å². The third kappa shape index (κ3) is 2.48. The Hall–Kier alpha value is -2.75. The summed E-state index contributed by atoms with van der Waals surface area (Å²) in [6.07, 6.45) is 1.80. The highest BCUT2D eigenvalue weighted by atomic mass is 16.5. The third-order valence-corrected chi connectivity index (χ3v) is 3.49. The number of rotatable bonds is 3. The second-order valence-corrected chi connectivity index (χ2v) is 4.92. The molecule has 2 aromatic carbocycles. The maximum Gasteiger partial charge on any atom is 0.135 e. The van der Waals surface area contributed by atoms with Crippen molar-refractivity contribution in [2.24, 2.45) is 0 Å². The van der Waals surface area contributed by atoms with E-state index in [1.54, 1.807) is 18.0 Å². The van der Waals surface area contributed by atoms with Gasteiger partial charge in [0.15, 0.2) is 0 Å². The molecule has 0 amide bonds. The molecule has 4 nitrogen and oxygen atoms in total. The first-order valence-corrected chi connectivity index (χ1v) is 6.74. The van der Waals surface area contributed by atoms with E-state index in [4.69, 9.17) is 10.5 Å². The number of aryl methyl sites for hydroxylation is 1. The molecule has 0 aliphatic rings. The normalized spacial score (nSPS) is 10.6. The van der Waals surface area contributed by atoms with Gasteiger partial charge in [-0.15, -0.1) is 0 Å². The predicted octanol–water partition coefficient (Wildman–Crippen LogP) is 3.44. The lowest BCUT2D eigenvalue weighted by molar-refractivity contribution is 0.414. The molecule has 1 aromatic heterocycles. The van der Waals surface area contributed by atoms with Gasteiger partial charge in [-0.2, -0.15) is 5.10 Å². The van der Waals surface area contributed by atoms with Gasteiger partial charge in [0.1, 0.15) is 11.6 Å². The van der Waals surface area contributed by atoms with Crippen LogP contribution in [0.15, 0.2) is 54.7 Å². The Morgan fingerprint density at radius 1 is 1.00 bits per heavy atom. The first-order chi connectivity index (χ1) is 10.2. The highest BCUT2D eigenvalue weighted by Gasteiger charge is 2.10. The Kier molecular flexibility index (Phi) is 3.36. The maximum absolute atomic E-state index is 6.25. The number of aromatic nitrogens is 2. The van der Waals surface area contributed by atoms with Gasteiger partial charge in [0.05, 0.1) is 19.0 Å². The fourth-order valence-electron chi connectivity index (χ4n) is 2.24. The van der Waals surface area contributed by atoms with Crippen LogP contribution < -0.4 is 10.5 Å². The van der Waals surface area contributed by atoms with E-state index >= 15 is 0 Å². The van der Waals surface area contributed by atoms with E-state index in [0.717, 1.165) is 22.6 Å². The Bertz CT molecular complexity index is 743. The van der Waals surface area contributed by atoms with Crippen molar-refractivity contribution in [3.8, 4) is 22.6 Å². The number of benzene rings is 2. The second kappa shape index (κ2) is 5.32. The van der Waals surface area contributed by atoms with Crippen LogP contribution in [0.1, 0.15) is 5.56 Å². The summed E-state index contributed by atoms with van der Waals surface area (Å²) in [7, 11) is 1.65. The summed E-state index contributed by atoms with van der Waals surface area (Å²) in [6.45, 7) is 2.06. The standard InChI is InChI=1S/C17H17N3O/c1-12-3-5-13(6-4-12)16-11-19-20(17(16)18)14-7-9-15(21-2)10-8-14/h3-11H,18H2,1-2H3. The van der Waals surface area contributed by atoms with E-state index in [2.05, 4.69) is 36.3 Å². The zero-order chi connectivity index (χ0) is 14.8. The van der Waals surface area contributed by atoms with Gasteiger partial charge in [0, 0.05) is 5.56 Å². The highest BCUT2D eigenvalue weighted by Crippen LogP contribution is 2.28. The molecule has 0 aliphatic carbocycles. The molecule has 0 aliphatic heterocycles. The van der Waals surface area contributed by atoms with Gasteiger partial charge < -0.3 is 10.5 Å². The molecular formula is C17H17N3O. The zero-order valence-electron chi connectivity index (χ0n) is 12.1. The van der Waals surface area contributed by atoms with Crippen molar-refractivity contribution in [1.82, 2.24) is 9.78 Å². The SMILES string of the molecule is COc1ccc(-n2ncc(-c3ccc(C)cc3)c2N)cc1. The molecule has 1 heterocycles. The van der Waals surface area contributed by atoms with Crippen LogP contribution in [0.2, 0.25) is 0 Å². The average Bonchev–Trinajstić information content (AvgIpc) is 2.90. The molecule has 2 N–H and O–H groups in total. The van der Waals surface area contributed by atoms with Crippen molar-refractivity contribution < 1.29 is 4.74 Å². The molecular weight excluding hydrogens is 262 g/mol. The maximum atomic E-state index is 6.25. The molecule has 21 heavy (non-hydrogen) atoms. The number of nitrogens with zero attached hydrogens (tertiary/aromatic N) is 2. The molecule has 0 unspecified atom stereocenters. The summed E-state index contributed by atoms with van der Waals surface area (Å²) in [6, 6.07) is 15.9. The smallest absolute Gasteiger partial charge is 0.135 e. The van der Waals surface area contributed by atoms with Crippen molar-refractivity contribution in [2.45, 2.75) is 6.92 Å². The van der Waals surface area contributed by atoms with Crippen LogP contribution in [0, 0.1) is 6.92 Å². The summed E-state index contributed by atoms with van der Waals surface area (Å²) in [4.78, 5) is 0. The number of hydrogen-bond donors (Lipinski definition) is 1. The van der Waals surface area contributed by atoms with Gasteiger partial charge in [0.25, 0.3) is 0 Å². The Morgan fingerprint density at radius 2 is 1.67 bits per heavy atom. The molecule has 0 bridgehead atoms. The summed E-state index contributed by atoms with van der Waals surface area (Å²) >= 11 is 0. The molecule has 0 saturated heterocycles. The molecule has 0 fully saturated rings. The summed E-state index contributed by atoms with van der Waals surface area (Å²) in [5, 5.41) is 4.39. The minimum Gasteiger partial charge on any atom is -0.497 e. The number of nitrogens with two attached hydrogens (primary N) is 1. The summed E-state index contributed by atoms with van der Waals surface area (Å²) in [5.41, 5.74) is 10.4. The fraction of sp³-hybridized carbons (Fsp3) is 0.118. The van der Waals surface area contributed by atoms with Gasteiger partial charge in [-0.1, -0.05) is 29.8 Å². The van der Waals surface area contributed by atoms with E-state index in [1.807, 2.05) is 24.3 Å². The van der Waals surface area contributed by atoms with E-state index < -0.39 is 0 Å². The summed E-state index contributed by atoms with van der Waals surface area (Å²) < 4.78 is 6.89. The highest BCUT2D eigenvalue weighted by molar-refractivity contribution is 5.74. The lowest BCUT2D eigenvalue weighted by Crippen LogP contribution is -2.02. The number of methoxy groups -OCH3 is 1.